The Bertz CT molecular complexity index is 401. The van der Waals surface area contributed by atoms with E-state index in [1.165, 1.54) is 5.75 Å². The van der Waals surface area contributed by atoms with E-state index < -0.39 is 0 Å². The van der Waals surface area contributed by atoms with Crippen molar-refractivity contribution in [3.63, 3.8) is 0 Å². The fourth-order valence-corrected chi connectivity index (χ4v) is 3.04. The number of amides is 1. The zero-order chi connectivity index (χ0) is 12.8. The maximum Gasteiger partial charge on any atom is 0.222 e. The van der Waals surface area contributed by atoms with Crippen LogP contribution in [0, 0.1) is 0 Å². The lowest BCUT2D eigenvalue weighted by molar-refractivity contribution is -0.130. The summed E-state index contributed by atoms with van der Waals surface area (Å²) in [6.07, 6.45) is 2.50. The van der Waals surface area contributed by atoms with Crippen molar-refractivity contribution in [3.8, 4) is 0 Å². The van der Waals surface area contributed by atoms with Gasteiger partial charge < -0.3 is 10.6 Å². The SMILES string of the molecule is Nc1cccc(CCC(=O)N2CCCSCC2)c1. The summed E-state index contributed by atoms with van der Waals surface area (Å²) in [5, 5.41) is 0. The van der Waals surface area contributed by atoms with Gasteiger partial charge in [0.2, 0.25) is 5.91 Å². The lowest BCUT2D eigenvalue weighted by Gasteiger charge is -2.19. The predicted molar refractivity (Wildman–Crippen MR) is 77.7 cm³/mol. The monoisotopic (exact) mass is 264 g/mol. The van der Waals surface area contributed by atoms with Crippen molar-refractivity contribution in [1.82, 2.24) is 4.90 Å². The third-order valence-corrected chi connectivity index (χ3v) is 4.20. The van der Waals surface area contributed by atoms with Crippen LogP contribution < -0.4 is 5.73 Å². The van der Waals surface area contributed by atoms with Gasteiger partial charge in [0.1, 0.15) is 0 Å². The highest BCUT2D eigenvalue weighted by atomic mass is 32.2. The molecule has 0 unspecified atom stereocenters. The second kappa shape index (κ2) is 6.69. The van der Waals surface area contributed by atoms with Gasteiger partial charge in [0, 0.05) is 31.0 Å². The molecule has 1 amide bonds. The zero-order valence-electron chi connectivity index (χ0n) is 10.6. The summed E-state index contributed by atoms with van der Waals surface area (Å²) in [6.45, 7) is 1.82. The molecule has 0 spiro atoms. The fraction of sp³-hybridized carbons (Fsp3) is 0.500. The Morgan fingerprint density at radius 3 is 3.06 bits per heavy atom. The quantitative estimate of drug-likeness (QED) is 0.851. The Morgan fingerprint density at radius 2 is 2.22 bits per heavy atom. The molecule has 1 aliphatic heterocycles. The molecule has 0 aromatic heterocycles. The Kier molecular flexibility index (Phi) is 4.93. The number of rotatable bonds is 3. The molecular weight excluding hydrogens is 244 g/mol. The molecule has 1 heterocycles. The number of nitrogens with two attached hydrogens (primary N) is 1. The molecule has 2 N–H and O–H groups in total. The molecule has 1 aromatic rings. The van der Waals surface area contributed by atoms with E-state index in [-0.39, 0.29) is 5.91 Å². The molecule has 18 heavy (non-hydrogen) atoms. The molecule has 1 fully saturated rings. The van der Waals surface area contributed by atoms with Crippen molar-refractivity contribution in [1.29, 1.82) is 0 Å². The Labute approximate surface area is 113 Å². The van der Waals surface area contributed by atoms with E-state index in [9.17, 15) is 4.79 Å². The van der Waals surface area contributed by atoms with Crippen molar-refractivity contribution < 1.29 is 4.79 Å². The molecule has 1 aromatic carbocycles. The Morgan fingerprint density at radius 1 is 1.33 bits per heavy atom. The van der Waals surface area contributed by atoms with Gasteiger partial charge in [-0.1, -0.05) is 12.1 Å². The zero-order valence-corrected chi connectivity index (χ0v) is 11.4. The van der Waals surface area contributed by atoms with E-state index in [1.807, 2.05) is 40.9 Å². The summed E-state index contributed by atoms with van der Waals surface area (Å²) in [5.74, 6) is 2.53. The molecule has 0 saturated carbocycles. The van der Waals surface area contributed by atoms with Crippen LogP contribution in [0.25, 0.3) is 0 Å². The smallest absolute Gasteiger partial charge is 0.222 e. The van der Waals surface area contributed by atoms with Crippen LogP contribution in [0.2, 0.25) is 0 Å². The molecule has 98 valence electrons. The molecule has 3 nitrogen and oxygen atoms in total. The third kappa shape index (κ3) is 3.95. The fourth-order valence-electron chi connectivity index (χ4n) is 2.15. The molecular formula is C14H20N2OS. The van der Waals surface area contributed by atoms with Crippen LogP contribution in [0.4, 0.5) is 5.69 Å². The largest absolute Gasteiger partial charge is 0.399 e. The average Bonchev–Trinajstić information content (AvgIpc) is 2.65. The Hall–Kier alpha value is -1.16. The number of anilines is 1. The second-order valence-electron chi connectivity index (χ2n) is 4.59. The summed E-state index contributed by atoms with van der Waals surface area (Å²) in [6, 6.07) is 7.79. The number of nitrogens with zero attached hydrogens (tertiary/aromatic N) is 1. The predicted octanol–water partition coefficient (Wildman–Crippen LogP) is 2.17. The van der Waals surface area contributed by atoms with Gasteiger partial charge in [-0.15, -0.1) is 0 Å². The lowest BCUT2D eigenvalue weighted by Crippen LogP contribution is -2.33. The van der Waals surface area contributed by atoms with Crippen molar-refractivity contribution in [2.24, 2.45) is 0 Å². The maximum atomic E-state index is 12.1. The van der Waals surface area contributed by atoms with Crippen molar-refractivity contribution in [2.75, 3.05) is 30.3 Å². The highest BCUT2D eigenvalue weighted by Gasteiger charge is 2.15. The van der Waals surface area contributed by atoms with Gasteiger partial charge in [-0.05, 0) is 36.3 Å². The summed E-state index contributed by atoms with van der Waals surface area (Å²) in [4.78, 5) is 14.1. The maximum absolute atomic E-state index is 12.1. The minimum Gasteiger partial charge on any atom is -0.399 e. The van der Waals surface area contributed by atoms with Crippen molar-refractivity contribution >= 4 is 23.4 Å². The van der Waals surface area contributed by atoms with Gasteiger partial charge in [0.25, 0.3) is 0 Å². The van der Waals surface area contributed by atoms with Gasteiger partial charge in [-0.3, -0.25) is 4.79 Å². The number of hydrogen-bond acceptors (Lipinski definition) is 3. The minimum atomic E-state index is 0.278. The number of aryl methyl sites for hydroxylation is 1. The highest BCUT2D eigenvalue weighted by molar-refractivity contribution is 7.99. The lowest BCUT2D eigenvalue weighted by atomic mass is 10.1. The van der Waals surface area contributed by atoms with Gasteiger partial charge in [-0.2, -0.15) is 11.8 Å². The van der Waals surface area contributed by atoms with Crippen LogP contribution in [0.1, 0.15) is 18.4 Å². The second-order valence-corrected chi connectivity index (χ2v) is 5.82. The summed E-state index contributed by atoms with van der Waals surface area (Å²) in [7, 11) is 0. The molecule has 1 saturated heterocycles. The number of carbonyl (C=O) groups is 1. The number of thioether (sulfide) groups is 1. The van der Waals surface area contributed by atoms with Gasteiger partial charge in [0.05, 0.1) is 0 Å². The van der Waals surface area contributed by atoms with Crippen molar-refractivity contribution in [3.05, 3.63) is 29.8 Å². The van der Waals surface area contributed by atoms with E-state index in [1.54, 1.807) is 0 Å². The van der Waals surface area contributed by atoms with E-state index in [2.05, 4.69) is 0 Å². The van der Waals surface area contributed by atoms with Crippen LogP contribution in [-0.4, -0.2) is 35.4 Å². The van der Waals surface area contributed by atoms with E-state index in [0.29, 0.717) is 6.42 Å². The first-order chi connectivity index (χ1) is 8.75. The molecule has 1 aliphatic rings. The molecule has 4 heteroatoms. The van der Waals surface area contributed by atoms with E-state index in [4.69, 9.17) is 5.73 Å². The van der Waals surface area contributed by atoms with Crippen LogP contribution in [0.5, 0.6) is 0 Å². The van der Waals surface area contributed by atoms with Crippen molar-refractivity contribution in [2.45, 2.75) is 19.3 Å². The minimum absolute atomic E-state index is 0.278. The first-order valence-electron chi connectivity index (χ1n) is 6.45. The van der Waals surface area contributed by atoms with Crippen LogP contribution in [0.3, 0.4) is 0 Å². The number of nitrogen functional groups attached to an aromatic ring is 1. The number of hydrogen-bond donors (Lipinski definition) is 1. The normalized spacial score (nSPS) is 16.3. The summed E-state index contributed by atoms with van der Waals surface area (Å²) >= 11 is 1.94. The third-order valence-electron chi connectivity index (χ3n) is 3.15. The standard InChI is InChI=1S/C14H20N2OS/c15-13-4-1-3-12(11-13)5-6-14(17)16-7-2-9-18-10-8-16/h1,3-4,11H,2,5-10,15H2. The number of benzene rings is 1. The van der Waals surface area contributed by atoms with Gasteiger partial charge in [0.15, 0.2) is 0 Å². The van der Waals surface area contributed by atoms with Crippen LogP contribution >= 0.6 is 11.8 Å². The molecule has 0 atom stereocenters. The van der Waals surface area contributed by atoms with Crippen LogP contribution in [-0.2, 0) is 11.2 Å². The summed E-state index contributed by atoms with van der Waals surface area (Å²) < 4.78 is 0. The molecule has 0 bridgehead atoms. The topological polar surface area (TPSA) is 46.3 Å². The first kappa shape index (κ1) is 13.3. The summed E-state index contributed by atoms with van der Waals surface area (Å²) in [5.41, 5.74) is 7.65. The van der Waals surface area contributed by atoms with Crippen LogP contribution in [0.15, 0.2) is 24.3 Å². The highest BCUT2D eigenvalue weighted by Crippen LogP contribution is 2.13. The van der Waals surface area contributed by atoms with Gasteiger partial charge in [-0.25, -0.2) is 0 Å². The first-order valence-corrected chi connectivity index (χ1v) is 7.61. The van der Waals surface area contributed by atoms with E-state index >= 15 is 0 Å². The molecule has 0 aliphatic carbocycles. The molecule has 0 radical (unpaired) electrons. The van der Waals surface area contributed by atoms with E-state index in [0.717, 1.165) is 42.9 Å². The number of carbonyl (C=O) groups excluding carboxylic acids is 1. The van der Waals surface area contributed by atoms with Gasteiger partial charge >= 0.3 is 0 Å². The molecule has 2 rings (SSSR count). The average molecular weight is 264 g/mol. The Balaban J connectivity index is 1.83.